The van der Waals surface area contributed by atoms with Gasteiger partial charge in [-0.25, -0.2) is 9.29 Å². The highest BCUT2D eigenvalue weighted by atomic mass is 35.5. The number of hydrogen-bond donors (Lipinski definition) is 1. The molecule has 12 heteroatoms. The number of rotatable bonds is 5. The summed E-state index contributed by atoms with van der Waals surface area (Å²) in [5, 5.41) is 13.2. The molecule has 226 valence electrons. The number of aromatic hydroxyl groups is 1. The first kappa shape index (κ1) is 29.0. The minimum atomic E-state index is -2.15. The number of phenols is 1. The van der Waals surface area contributed by atoms with E-state index in [1.165, 1.54) is 41.5 Å². The zero-order chi connectivity index (χ0) is 31.1. The average Bonchev–Trinajstić information content (AvgIpc) is 3.65. The van der Waals surface area contributed by atoms with E-state index in [0.717, 1.165) is 21.9 Å². The van der Waals surface area contributed by atoms with Gasteiger partial charge in [0.15, 0.2) is 21.2 Å². The van der Waals surface area contributed by atoms with Crippen molar-refractivity contribution in [1.29, 1.82) is 0 Å². The maximum absolute atomic E-state index is 14.4. The van der Waals surface area contributed by atoms with Gasteiger partial charge in [-0.2, -0.15) is 0 Å². The molecule has 44 heavy (non-hydrogen) atoms. The Kier molecular flexibility index (Phi) is 6.69. The highest BCUT2D eigenvalue weighted by molar-refractivity contribution is 7.09. The van der Waals surface area contributed by atoms with Crippen LogP contribution in [0.3, 0.4) is 0 Å². The summed E-state index contributed by atoms with van der Waals surface area (Å²) in [5.74, 6) is -6.56. The number of nitrogens with zero attached hydrogens (tertiary/aromatic N) is 2. The molecule has 4 amide bonds. The highest BCUT2D eigenvalue weighted by Gasteiger charge is 2.77. The smallest absolute Gasteiger partial charge is 0.258 e. The molecule has 0 spiro atoms. The Morgan fingerprint density at radius 2 is 1.75 bits per heavy atom. The van der Waals surface area contributed by atoms with Crippen molar-refractivity contribution in [3.63, 3.8) is 0 Å². The summed E-state index contributed by atoms with van der Waals surface area (Å²) in [4.78, 5) is 55.0. The van der Waals surface area contributed by atoms with Crippen LogP contribution in [-0.4, -0.2) is 50.5 Å². The first-order valence-electron chi connectivity index (χ1n) is 14.0. The molecular formula is C32H25Cl2FN2O6S. The zero-order valence-electron chi connectivity index (χ0n) is 23.2. The molecule has 0 radical (unpaired) electrons. The molecule has 1 saturated carbocycles. The van der Waals surface area contributed by atoms with E-state index in [0.29, 0.717) is 5.57 Å². The van der Waals surface area contributed by atoms with Gasteiger partial charge in [0.25, 0.3) is 11.8 Å². The molecule has 7 rings (SSSR count). The summed E-state index contributed by atoms with van der Waals surface area (Å²) in [6, 6.07) is 13.2. The van der Waals surface area contributed by atoms with Crippen LogP contribution >= 0.6 is 34.5 Å². The monoisotopic (exact) mass is 654 g/mol. The Labute approximate surface area is 265 Å². The number of amides is 4. The number of ether oxygens (including phenoxy) is 1. The number of carbonyl (C=O) groups is 4. The second-order valence-electron chi connectivity index (χ2n) is 11.5. The van der Waals surface area contributed by atoms with Crippen molar-refractivity contribution in [2.45, 2.75) is 35.1 Å². The number of para-hydroxylation sites is 1. The van der Waals surface area contributed by atoms with E-state index in [1.54, 1.807) is 18.2 Å². The molecule has 6 atom stereocenters. The van der Waals surface area contributed by atoms with Gasteiger partial charge in [0.2, 0.25) is 11.8 Å². The Morgan fingerprint density at radius 3 is 2.43 bits per heavy atom. The van der Waals surface area contributed by atoms with E-state index >= 15 is 0 Å². The molecule has 3 heterocycles. The number of phenolic OH excluding ortho intramolecular Hbond substituents is 1. The molecule has 1 aromatic heterocycles. The maximum atomic E-state index is 14.4. The summed E-state index contributed by atoms with van der Waals surface area (Å²) < 4.78 is 19.2. The van der Waals surface area contributed by atoms with Gasteiger partial charge in [0.05, 0.1) is 31.2 Å². The molecule has 2 aromatic carbocycles. The molecule has 4 aliphatic rings. The second-order valence-corrected chi connectivity index (χ2v) is 13.8. The van der Waals surface area contributed by atoms with Crippen LogP contribution in [0.4, 0.5) is 10.1 Å². The van der Waals surface area contributed by atoms with Crippen LogP contribution < -0.4 is 9.64 Å². The lowest BCUT2D eigenvalue weighted by atomic mass is 9.56. The van der Waals surface area contributed by atoms with Crippen LogP contribution in [0.1, 0.15) is 29.2 Å². The quantitative estimate of drug-likeness (QED) is 0.226. The number of likely N-dealkylation sites (tertiary alicyclic amines) is 1. The standard InChI is InChI=1S/C32H25Cl2FN2O6S/c1-43-23-6-2-5-21(26(23)38)25-19-11-12-20-24(28(40)36(27(20)39)15-18-4-3-13-44-18)22(19)14-31(33)29(41)37(30(42)32(25,31)34)17-9-7-16(35)8-10-17/h2-11,13,20,22,24-25,38H,12,14-15H2,1H3/t20-,22+,24-,25+,31+,32-/m0/s1. The van der Waals surface area contributed by atoms with Crippen molar-refractivity contribution < 1.29 is 33.4 Å². The highest BCUT2D eigenvalue weighted by Crippen LogP contribution is 2.66. The van der Waals surface area contributed by atoms with Crippen LogP contribution in [0.25, 0.3) is 0 Å². The van der Waals surface area contributed by atoms with E-state index in [2.05, 4.69) is 0 Å². The van der Waals surface area contributed by atoms with Gasteiger partial charge in [-0.3, -0.25) is 24.1 Å². The van der Waals surface area contributed by atoms with Crippen molar-refractivity contribution in [3.05, 3.63) is 87.9 Å². The minimum Gasteiger partial charge on any atom is -0.504 e. The van der Waals surface area contributed by atoms with Crippen LogP contribution in [0.15, 0.2) is 71.6 Å². The van der Waals surface area contributed by atoms with Crippen LogP contribution in [0.2, 0.25) is 0 Å². The number of alkyl halides is 2. The molecule has 0 unspecified atom stereocenters. The largest absolute Gasteiger partial charge is 0.504 e. The van der Waals surface area contributed by atoms with Gasteiger partial charge in [0.1, 0.15) is 5.82 Å². The third kappa shape index (κ3) is 3.80. The molecular weight excluding hydrogens is 630 g/mol. The number of fused-ring (bicyclic) bond motifs is 4. The predicted octanol–water partition coefficient (Wildman–Crippen LogP) is 5.37. The number of carbonyl (C=O) groups excluding carboxylic acids is 4. The number of anilines is 1. The number of imide groups is 2. The predicted molar refractivity (Wildman–Crippen MR) is 161 cm³/mol. The van der Waals surface area contributed by atoms with E-state index in [-0.39, 0.29) is 54.0 Å². The molecule has 0 bridgehead atoms. The Morgan fingerprint density at radius 1 is 1.00 bits per heavy atom. The van der Waals surface area contributed by atoms with Crippen molar-refractivity contribution in [2.24, 2.45) is 17.8 Å². The molecule has 3 aromatic rings. The van der Waals surface area contributed by atoms with Crippen LogP contribution in [-0.2, 0) is 25.7 Å². The van der Waals surface area contributed by atoms with E-state index in [9.17, 15) is 28.7 Å². The number of allylic oxidation sites excluding steroid dienone is 2. The molecule has 2 saturated heterocycles. The van der Waals surface area contributed by atoms with Gasteiger partial charge in [0, 0.05) is 16.4 Å². The number of methoxy groups -OCH3 is 1. The summed E-state index contributed by atoms with van der Waals surface area (Å²) >= 11 is 16.1. The lowest BCUT2D eigenvalue weighted by Crippen LogP contribution is -2.60. The van der Waals surface area contributed by atoms with Gasteiger partial charge in [-0.1, -0.05) is 29.8 Å². The van der Waals surface area contributed by atoms with E-state index in [4.69, 9.17) is 27.9 Å². The topological polar surface area (TPSA) is 104 Å². The number of benzene rings is 2. The van der Waals surface area contributed by atoms with Crippen molar-refractivity contribution in [3.8, 4) is 11.5 Å². The summed E-state index contributed by atoms with van der Waals surface area (Å²) in [7, 11) is 1.38. The molecule has 2 aliphatic carbocycles. The normalized spacial score (nSPS) is 31.1. The van der Waals surface area contributed by atoms with Gasteiger partial charge < -0.3 is 9.84 Å². The minimum absolute atomic E-state index is 0.0773. The zero-order valence-corrected chi connectivity index (χ0v) is 25.5. The average molecular weight is 656 g/mol. The molecule has 2 aliphatic heterocycles. The first-order valence-corrected chi connectivity index (χ1v) is 15.6. The Bertz CT molecular complexity index is 1760. The fourth-order valence-electron chi connectivity index (χ4n) is 7.46. The van der Waals surface area contributed by atoms with Gasteiger partial charge in [-0.05, 0) is 60.5 Å². The Hall–Kier alpha value is -3.73. The van der Waals surface area contributed by atoms with Crippen molar-refractivity contribution in [2.75, 3.05) is 12.0 Å². The summed E-state index contributed by atoms with van der Waals surface area (Å²) in [5.41, 5.74) is 0.809. The molecule has 3 fully saturated rings. The summed E-state index contributed by atoms with van der Waals surface area (Å²) in [6.45, 7) is 0.131. The first-order chi connectivity index (χ1) is 21.0. The lowest BCUT2D eigenvalue weighted by Gasteiger charge is -2.50. The third-order valence-electron chi connectivity index (χ3n) is 9.44. The van der Waals surface area contributed by atoms with Crippen LogP contribution in [0.5, 0.6) is 11.5 Å². The van der Waals surface area contributed by atoms with Gasteiger partial charge >= 0.3 is 0 Å². The van der Waals surface area contributed by atoms with Gasteiger partial charge in [-0.15, -0.1) is 34.5 Å². The third-order valence-corrected chi connectivity index (χ3v) is 11.7. The van der Waals surface area contributed by atoms with Crippen molar-refractivity contribution >= 4 is 63.9 Å². The number of thiophene rings is 1. The summed E-state index contributed by atoms with van der Waals surface area (Å²) in [6.07, 6.45) is 1.80. The number of hydrogen-bond acceptors (Lipinski definition) is 7. The Balaban J connectivity index is 1.40. The second kappa shape index (κ2) is 10.2. The van der Waals surface area contributed by atoms with E-state index < -0.39 is 51.1 Å². The molecule has 8 nitrogen and oxygen atoms in total. The van der Waals surface area contributed by atoms with Crippen molar-refractivity contribution in [1.82, 2.24) is 4.90 Å². The fraction of sp³-hybridized carbons (Fsp3) is 0.312. The molecule has 1 N–H and O–H groups in total. The van der Waals surface area contributed by atoms with Crippen LogP contribution in [0, 0.1) is 23.6 Å². The fourth-order valence-corrected chi connectivity index (χ4v) is 9.08. The number of halogens is 3. The lowest BCUT2D eigenvalue weighted by molar-refractivity contribution is -0.141. The van der Waals surface area contributed by atoms with E-state index in [1.807, 2.05) is 17.5 Å². The SMILES string of the molecule is COc1cccc([C@H]2C3=CC[C@@H]4C(=O)N(Cc5cccs5)C(=O)[C@@H]4[C@@H]3C[C@@]3(Cl)C(=O)N(c4ccc(F)cc4)C(=O)[C@@]23Cl)c1O. The maximum Gasteiger partial charge on any atom is 0.258 e.